The van der Waals surface area contributed by atoms with Crippen molar-refractivity contribution in [3.8, 4) is 0 Å². The van der Waals surface area contributed by atoms with Crippen LogP contribution in [0, 0.1) is 11.8 Å². The smallest absolute Gasteiger partial charge is 0.193 e. The van der Waals surface area contributed by atoms with E-state index in [0.717, 1.165) is 50.6 Å². The van der Waals surface area contributed by atoms with E-state index in [1.807, 2.05) is 0 Å². The Morgan fingerprint density at radius 2 is 1.88 bits per heavy atom. The highest BCUT2D eigenvalue weighted by Gasteiger charge is 2.20. The molecule has 1 unspecified atom stereocenters. The number of piperidine rings is 1. The van der Waals surface area contributed by atoms with Crippen LogP contribution in [0.2, 0.25) is 0 Å². The van der Waals surface area contributed by atoms with Gasteiger partial charge in [0, 0.05) is 39.4 Å². The van der Waals surface area contributed by atoms with E-state index in [2.05, 4.69) is 42.9 Å². The van der Waals surface area contributed by atoms with Gasteiger partial charge in [-0.2, -0.15) is 0 Å². The van der Waals surface area contributed by atoms with Gasteiger partial charge < -0.3 is 15.0 Å². The first-order valence-electron chi connectivity index (χ1n) is 10.4. The molecule has 2 heterocycles. The molecule has 154 valence electrons. The number of halogens is 1. The molecule has 0 amide bonds. The molecule has 0 aromatic rings. The quantitative estimate of drug-likeness (QED) is 0.344. The van der Waals surface area contributed by atoms with Gasteiger partial charge >= 0.3 is 0 Å². The van der Waals surface area contributed by atoms with E-state index >= 15 is 0 Å². The zero-order valence-electron chi connectivity index (χ0n) is 17.4. The molecule has 0 radical (unpaired) electrons. The van der Waals surface area contributed by atoms with Gasteiger partial charge in [-0.25, -0.2) is 0 Å². The second-order valence-corrected chi connectivity index (χ2v) is 8.03. The number of rotatable bonds is 7. The minimum Gasteiger partial charge on any atom is -0.381 e. The van der Waals surface area contributed by atoms with Crippen molar-refractivity contribution in [3.05, 3.63) is 0 Å². The Hall–Kier alpha value is -0.0800. The van der Waals surface area contributed by atoms with Crippen molar-refractivity contribution in [2.75, 3.05) is 53.0 Å². The summed E-state index contributed by atoms with van der Waals surface area (Å²) in [5.41, 5.74) is 0. The van der Waals surface area contributed by atoms with Gasteiger partial charge in [-0.1, -0.05) is 6.92 Å². The fraction of sp³-hybridized carbons (Fsp3) is 0.950. The zero-order chi connectivity index (χ0) is 18.1. The summed E-state index contributed by atoms with van der Waals surface area (Å²) in [6.45, 7) is 14.1. The molecule has 0 aromatic heterocycles. The fourth-order valence-corrected chi connectivity index (χ4v) is 3.79. The van der Waals surface area contributed by atoms with Crippen molar-refractivity contribution < 1.29 is 4.74 Å². The van der Waals surface area contributed by atoms with Crippen molar-refractivity contribution in [3.63, 3.8) is 0 Å². The number of guanidine groups is 1. The highest BCUT2D eigenvalue weighted by molar-refractivity contribution is 14.0. The molecule has 2 aliphatic rings. The number of ether oxygens (including phenoxy) is 1. The summed E-state index contributed by atoms with van der Waals surface area (Å²) >= 11 is 0. The first-order valence-corrected chi connectivity index (χ1v) is 10.4. The molecule has 0 aromatic carbocycles. The molecule has 6 heteroatoms. The predicted octanol–water partition coefficient (Wildman–Crippen LogP) is 3.44. The summed E-state index contributed by atoms with van der Waals surface area (Å²) in [5.74, 6) is 2.76. The summed E-state index contributed by atoms with van der Waals surface area (Å²) in [5, 5.41) is 3.47. The van der Waals surface area contributed by atoms with Gasteiger partial charge in [-0.05, 0) is 70.9 Å². The van der Waals surface area contributed by atoms with Crippen molar-refractivity contribution in [2.45, 2.75) is 58.9 Å². The molecule has 0 aliphatic carbocycles. The lowest BCUT2D eigenvalue weighted by Crippen LogP contribution is -2.43. The Bertz CT molecular complexity index is 393. The Balaban J connectivity index is 0.00000338. The van der Waals surface area contributed by atoms with E-state index in [0.29, 0.717) is 6.04 Å². The molecule has 2 rings (SSSR count). The summed E-state index contributed by atoms with van der Waals surface area (Å²) in [7, 11) is 2.17. The van der Waals surface area contributed by atoms with E-state index < -0.39 is 0 Å². The van der Waals surface area contributed by atoms with E-state index in [4.69, 9.17) is 9.73 Å². The average molecular weight is 480 g/mol. The van der Waals surface area contributed by atoms with Crippen LogP contribution in [0.3, 0.4) is 0 Å². The number of hydrogen-bond acceptors (Lipinski definition) is 3. The number of aliphatic imine (C=N–C) groups is 1. The van der Waals surface area contributed by atoms with E-state index in [1.54, 1.807) is 0 Å². The lowest BCUT2D eigenvalue weighted by molar-refractivity contribution is 0.0625. The summed E-state index contributed by atoms with van der Waals surface area (Å²) in [6, 6.07) is 0.532. The van der Waals surface area contributed by atoms with Crippen LogP contribution >= 0.6 is 24.0 Å². The van der Waals surface area contributed by atoms with Gasteiger partial charge in [0.1, 0.15) is 0 Å². The average Bonchev–Trinajstić information content (AvgIpc) is 2.64. The molecule has 0 bridgehead atoms. The predicted molar refractivity (Wildman–Crippen MR) is 122 cm³/mol. The molecule has 1 N–H and O–H groups in total. The van der Waals surface area contributed by atoms with Crippen molar-refractivity contribution in [1.29, 1.82) is 0 Å². The molecule has 26 heavy (non-hydrogen) atoms. The van der Waals surface area contributed by atoms with Gasteiger partial charge in [-0.3, -0.25) is 9.89 Å². The van der Waals surface area contributed by atoms with Crippen LogP contribution in [0.4, 0.5) is 0 Å². The van der Waals surface area contributed by atoms with E-state index in [-0.39, 0.29) is 24.0 Å². The van der Waals surface area contributed by atoms with Gasteiger partial charge in [0.15, 0.2) is 5.96 Å². The lowest BCUT2D eigenvalue weighted by Gasteiger charge is -2.34. The topological polar surface area (TPSA) is 40.1 Å². The third kappa shape index (κ3) is 8.30. The van der Waals surface area contributed by atoms with Crippen LogP contribution in [-0.2, 0) is 4.74 Å². The first-order chi connectivity index (χ1) is 12.1. The highest BCUT2D eigenvalue weighted by atomic mass is 127. The molecule has 2 fully saturated rings. The third-order valence-electron chi connectivity index (χ3n) is 5.86. The number of nitrogens with one attached hydrogen (secondary N) is 1. The fourth-order valence-electron chi connectivity index (χ4n) is 3.79. The minimum absolute atomic E-state index is 0. The number of likely N-dealkylation sites (tertiary alicyclic amines) is 1. The van der Waals surface area contributed by atoms with E-state index in [1.165, 1.54) is 45.2 Å². The Labute approximate surface area is 178 Å². The standard InChI is InChI=1S/C20H40N4O.HI/c1-5-21-20(23(4)11-8-19-9-14-25-15-10-19)22-16-18(3)24-12-6-17(2)7-13-24;/h17-19H,5-16H2,1-4H3,(H,21,22);1H. The van der Waals surface area contributed by atoms with Crippen molar-refractivity contribution in [1.82, 2.24) is 15.1 Å². The van der Waals surface area contributed by atoms with Gasteiger partial charge in [0.2, 0.25) is 0 Å². The van der Waals surface area contributed by atoms with Gasteiger partial charge in [-0.15, -0.1) is 24.0 Å². The lowest BCUT2D eigenvalue weighted by atomic mass is 9.96. The number of hydrogen-bond donors (Lipinski definition) is 1. The third-order valence-corrected chi connectivity index (χ3v) is 5.86. The molecule has 2 aliphatic heterocycles. The van der Waals surface area contributed by atoms with Crippen molar-refractivity contribution in [2.24, 2.45) is 16.8 Å². The largest absolute Gasteiger partial charge is 0.381 e. The molecular formula is C20H41IN4O. The maximum atomic E-state index is 5.47. The van der Waals surface area contributed by atoms with Crippen molar-refractivity contribution >= 4 is 29.9 Å². The Morgan fingerprint density at radius 1 is 1.23 bits per heavy atom. The van der Waals surface area contributed by atoms with Crippen LogP contribution < -0.4 is 5.32 Å². The van der Waals surface area contributed by atoms with Gasteiger partial charge in [0.25, 0.3) is 0 Å². The van der Waals surface area contributed by atoms with E-state index in [9.17, 15) is 0 Å². The summed E-state index contributed by atoms with van der Waals surface area (Å²) in [4.78, 5) is 9.85. The molecule has 0 spiro atoms. The Kier molecular flexibility index (Phi) is 12.1. The van der Waals surface area contributed by atoms with Gasteiger partial charge in [0.05, 0.1) is 6.54 Å². The molecule has 2 saturated heterocycles. The number of nitrogens with zero attached hydrogens (tertiary/aromatic N) is 3. The maximum absolute atomic E-state index is 5.47. The zero-order valence-corrected chi connectivity index (χ0v) is 19.7. The molecule has 5 nitrogen and oxygen atoms in total. The normalized spacial score (nSPS) is 21.9. The summed E-state index contributed by atoms with van der Waals surface area (Å²) < 4.78 is 5.47. The first kappa shape index (κ1) is 24.0. The molecule has 1 atom stereocenters. The molecule has 0 saturated carbocycles. The van der Waals surface area contributed by atoms with Crippen LogP contribution in [0.15, 0.2) is 4.99 Å². The second-order valence-electron chi connectivity index (χ2n) is 8.03. The van der Waals surface area contributed by atoms with Crippen LogP contribution in [0.1, 0.15) is 52.9 Å². The second kappa shape index (κ2) is 13.2. The highest BCUT2D eigenvalue weighted by Crippen LogP contribution is 2.19. The van der Waals surface area contributed by atoms with Crippen LogP contribution in [0.25, 0.3) is 0 Å². The van der Waals surface area contributed by atoms with Crippen LogP contribution in [0.5, 0.6) is 0 Å². The van der Waals surface area contributed by atoms with Crippen LogP contribution in [-0.4, -0.2) is 74.8 Å². The monoisotopic (exact) mass is 480 g/mol. The Morgan fingerprint density at radius 3 is 2.50 bits per heavy atom. The molecular weight excluding hydrogens is 439 g/mol. The SMILES string of the molecule is CCNC(=NCC(C)N1CCC(C)CC1)N(C)CCC1CCOCC1.I. The minimum atomic E-state index is 0. The maximum Gasteiger partial charge on any atom is 0.193 e. The summed E-state index contributed by atoms with van der Waals surface area (Å²) in [6.07, 6.45) is 6.33.